The van der Waals surface area contributed by atoms with Gasteiger partial charge in [-0.2, -0.15) is 10.2 Å². The number of rotatable bonds is 6. The fourth-order valence-electron chi connectivity index (χ4n) is 3.83. The molecule has 0 atom stereocenters. The smallest absolute Gasteiger partial charge is 0.259 e. The van der Waals surface area contributed by atoms with Gasteiger partial charge in [0, 0.05) is 23.2 Å². The first-order valence-corrected chi connectivity index (χ1v) is 10.9. The van der Waals surface area contributed by atoms with E-state index in [0.717, 1.165) is 22.2 Å². The number of hydrogen-bond acceptors (Lipinski definition) is 4. The standard InChI is InChI=1S/C26H24N6O/c1-18(2)32-25-21(14-28-32)13-22(15-27-25)29-26(33)23-17-31(16-19-9-5-3-6-10-19)30-24(23)20-11-7-4-8-12-20/h3-15,17-18H,16H2,1-2H3,(H,29,33). The Morgan fingerprint density at radius 2 is 1.73 bits per heavy atom. The Kier molecular flexibility index (Phi) is 5.44. The predicted molar refractivity (Wildman–Crippen MR) is 129 cm³/mol. The van der Waals surface area contributed by atoms with Gasteiger partial charge in [0.1, 0.15) is 5.69 Å². The Balaban J connectivity index is 1.47. The maximum Gasteiger partial charge on any atom is 0.259 e. The number of anilines is 1. The summed E-state index contributed by atoms with van der Waals surface area (Å²) in [5, 5.41) is 13.0. The van der Waals surface area contributed by atoms with Crippen LogP contribution >= 0.6 is 0 Å². The first kappa shape index (κ1) is 20.6. The summed E-state index contributed by atoms with van der Waals surface area (Å²) < 4.78 is 3.67. The monoisotopic (exact) mass is 436 g/mol. The predicted octanol–water partition coefficient (Wildman–Crippen LogP) is 5.18. The second-order valence-electron chi connectivity index (χ2n) is 8.21. The Labute approximate surface area is 191 Å². The van der Waals surface area contributed by atoms with E-state index in [1.807, 2.05) is 71.4 Å². The van der Waals surface area contributed by atoms with Crippen molar-refractivity contribution in [2.24, 2.45) is 0 Å². The summed E-state index contributed by atoms with van der Waals surface area (Å²) in [5.74, 6) is -0.231. The number of carbonyl (C=O) groups is 1. The molecule has 5 rings (SSSR count). The van der Waals surface area contributed by atoms with Gasteiger partial charge in [0.05, 0.1) is 30.2 Å². The van der Waals surface area contributed by atoms with Crippen molar-refractivity contribution >= 4 is 22.6 Å². The maximum atomic E-state index is 13.3. The normalized spacial score (nSPS) is 11.2. The van der Waals surface area contributed by atoms with E-state index in [0.29, 0.717) is 23.5 Å². The van der Waals surface area contributed by atoms with Crippen LogP contribution in [0.5, 0.6) is 0 Å². The molecule has 2 aromatic carbocycles. The summed E-state index contributed by atoms with van der Waals surface area (Å²) in [6, 6.07) is 21.9. The van der Waals surface area contributed by atoms with Gasteiger partial charge < -0.3 is 5.32 Å². The van der Waals surface area contributed by atoms with Crippen LogP contribution in [-0.4, -0.2) is 30.5 Å². The lowest BCUT2D eigenvalue weighted by Crippen LogP contribution is -2.12. The van der Waals surface area contributed by atoms with E-state index < -0.39 is 0 Å². The first-order chi connectivity index (χ1) is 16.1. The Morgan fingerprint density at radius 3 is 2.45 bits per heavy atom. The number of fused-ring (bicyclic) bond motifs is 1. The highest BCUT2D eigenvalue weighted by Crippen LogP contribution is 2.25. The minimum absolute atomic E-state index is 0.208. The molecule has 1 N–H and O–H groups in total. The van der Waals surface area contributed by atoms with Crippen molar-refractivity contribution in [3.8, 4) is 11.3 Å². The molecule has 0 radical (unpaired) electrons. The molecule has 7 nitrogen and oxygen atoms in total. The van der Waals surface area contributed by atoms with Crippen LogP contribution in [0.4, 0.5) is 5.69 Å². The molecule has 33 heavy (non-hydrogen) atoms. The van der Waals surface area contributed by atoms with E-state index >= 15 is 0 Å². The van der Waals surface area contributed by atoms with Gasteiger partial charge in [-0.05, 0) is 25.5 Å². The highest BCUT2D eigenvalue weighted by Gasteiger charge is 2.19. The van der Waals surface area contributed by atoms with Gasteiger partial charge in [-0.25, -0.2) is 9.67 Å². The molecule has 5 aromatic rings. The van der Waals surface area contributed by atoms with Gasteiger partial charge in [0.15, 0.2) is 5.65 Å². The summed E-state index contributed by atoms with van der Waals surface area (Å²) in [6.07, 6.45) is 5.23. The highest BCUT2D eigenvalue weighted by atomic mass is 16.1. The van der Waals surface area contributed by atoms with Gasteiger partial charge >= 0.3 is 0 Å². The number of nitrogens with zero attached hydrogens (tertiary/aromatic N) is 5. The van der Waals surface area contributed by atoms with Gasteiger partial charge in [-0.15, -0.1) is 0 Å². The first-order valence-electron chi connectivity index (χ1n) is 10.9. The lowest BCUT2D eigenvalue weighted by atomic mass is 10.1. The molecule has 3 aromatic heterocycles. The molecular weight excluding hydrogens is 412 g/mol. The summed E-state index contributed by atoms with van der Waals surface area (Å²) >= 11 is 0. The highest BCUT2D eigenvalue weighted by molar-refractivity contribution is 6.08. The molecule has 0 aliphatic heterocycles. The van der Waals surface area contributed by atoms with Crippen molar-refractivity contribution in [2.75, 3.05) is 5.32 Å². The van der Waals surface area contributed by atoms with E-state index in [2.05, 4.69) is 29.2 Å². The van der Waals surface area contributed by atoms with Gasteiger partial charge in [-0.1, -0.05) is 60.7 Å². The van der Waals surface area contributed by atoms with Crippen LogP contribution in [0.2, 0.25) is 0 Å². The SMILES string of the molecule is CC(C)n1ncc2cc(NC(=O)c3cn(Cc4ccccc4)nc3-c3ccccc3)cnc21. The topological polar surface area (TPSA) is 77.6 Å². The minimum Gasteiger partial charge on any atom is -0.320 e. The molecule has 0 aliphatic rings. The van der Waals surface area contributed by atoms with Crippen LogP contribution in [0, 0.1) is 0 Å². The lowest BCUT2D eigenvalue weighted by molar-refractivity contribution is 0.102. The molecular formula is C26H24N6O. The molecule has 0 aliphatic carbocycles. The van der Waals surface area contributed by atoms with E-state index in [4.69, 9.17) is 5.10 Å². The number of pyridine rings is 1. The van der Waals surface area contributed by atoms with Gasteiger partial charge in [0.2, 0.25) is 0 Å². The zero-order chi connectivity index (χ0) is 22.8. The van der Waals surface area contributed by atoms with Crippen molar-refractivity contribution in [2.45, 2.75) is 26.4 Å². The maximum absolute atomic E-state index is 13.3. The van der Waals surface area contributed by atoms with Crippen LogP contribution in [-0.2, 0) is 6.54 Å². The van der Waals surface area contributed by atoms with Crippen molar-refractivity contribution in [1.82, 2.24) is 24.5 Å². The number of aromatic nitrogens is 5. The Morgan fingerprint density at radius 1 is 1.00 bits per heavy atom. The summed E-state index contributed by atoms with van der Waals surface area (Å²) in [4.78, 5) is 17.8. The van der Waals surface area contributed by atoms with Gasteiger partial charge in [0.25, 0.3) is 5.91 Å². The average molecular weight is 437 g/mol. The van der Waals surface area contributed by atoms with Crippen molar-refractivity contribution in [1.29, 1.82) is 0 Å². The number of nitrogens with one attached hydrogen (secondary N) is 1. The largest absolute Gasteiger partial charge is 0.320 e. The zero-order valence-electron chi connectivity index (χ0n) is 18.5. The molecule has 0 saturated heterocycles. The fraction of sp³-hybridized carbons (Fsp3) is 0.154. The number of carbonyl (C=O) groups excluding carboxylic acids is 1. The van der Waals surface area contributed by atoms with Gasteiger partial charge in [-0.3, -0.25) is 9.48 Å². The second-order valence-corrected chi connectivity index (χ2v) is 8.21. The van der Waals surface area contributed by atoms with E-state index in [9.17, 15) is 4.79 Å². The molecule has 0 saturated carbocycles. The Hall–Kier alpha value is -4.26. The van der Waals surface area contributed by atoms with Crippen LogP contribution in [0.25, 0.3) is 22.3 Å². The van der Waals surface area contributed by atoms with Crippen LogP contribution < -0.4 is 5.32 Å². The Bertz CT molecular complexity index is 1400. The quantitative estimate of drug-likeness (QED) is 0.398. The fourth-order valence-corrected chi connectivity index (χ4v) is 3.83. The number of amides is 1. The molecule has 7 heteroatoms. The minimum atomic E-state index is -0.231. The lowest BCUT2D eigenvalue weighted by Gasteiger charge is -2.08. The molecule has 0 bridgehead atoms. The van der Waals surface area contributed by atoms with Crippen LogP contribution in [0.3, 0.4) is 0 Å². The number of hydrogen-bond donors (Lipinski definition) is 1. The molecule has 3 heterocycles. The summed E-state index contributed by atoms with van der Waals surface area (Å²) in [7, 11) is 0. The van der Waals surface area contributed by atoms with E-state index in [1.165, 1.54) is 0 Å². The zero-order valence-corrected chi connectivity index (χ0v) is 18.5. The molecule has 164 valence electrons. The number of benzene rings is 2. The molecule has 1 amide bonds. The van der Waals surface area contributed by atoms with Crippen molar-refractivity contribution in [3.63, 3.8) is 0 Å². The summed E-state index contributed by atoms with van der Waals surface area (Å²) in [5.41, 5.74) is 4.57. The van der Waals surface area contributed by atoms with Crippen LogP contribution in [0.1, 0.15) is 35.8 Å². The third kappa shape index (κ3) is 4.25. The van der Waals surface area contributed by atoms with Crippen molar-refractivity contribution < 1.29 is 4.79 Å². The summed E-state index contributed by atoms with van der Waals surface area (Å²) in [6.45, 7) is 4.69. The molecule has 0 fully saturated rings. The van der Waals surface area contributed by atoms with Crippen molar-refractivity contribution in [3.05, 3.63) is 96.4 Å². The third-order valence-electron chi connectivity index (χ3n) is 5.42. The van der Waals surface area contributed by atoms with E-state index in [-0.39, 0.29) is 11.9 Å². The average Bonchev–Trinajstić information content (AvgIpc) is 3.44. The van der Waals surface area contributed by atoms with Crippen LogP contribution in [0.15, 0.2) is 85.3 Å². The third-order valence-corrected chi connectivity index (χ3v) is 5.42. The molecule has 0 unspecified atom stereocenters. The second kappa shape index (κ2) is 8.70. The molecule has 0 spiro atoms. The van der Waals surface area contributed by atoms with E-state index in [1.54, 1.807) is 23.3 Å².